The van der Waals surface area contributed by atoms with Crippen LogP contribution in [0.1, 0.15) is 44.9 Å². The van der Waals surface area contributed by atoms with Crippen molar-refractivity contribution in [1.82, 2.24) is 5.32 Å². The van der Waals surface area contributed by atoms with Gasteiger partial charge in [-0.05, 0) is 31.6 Å². The molecule has 0 radical (unpaired) electrons. The van der Waals surface area contributed by atoms with Crippen molar-refractivity contribution in [2.45, 2.75) is 51.0 Å². The van der Waals surface area contributed by atoms with Gasteiger partial charge in [-0.25, -0.2) is 0 Å². The Bertz CT molecular complexity index is 310. The summed E-state index contributed by atoms with van der Waals surface area (Å²) in [5.74, 6) is 0.325. The fourth-order valence-electron chi connectivity index (χ4n) is 3.36. The summed E-state index contributed by atoms with van der Waals surface area (Å²) in [6.45, 7) is 1.89. The maximum Gasteiger partial charge on any atom is 0.227 e. The fourth-order valence-corrected chi connectivity index (χ4v) is 3.36. The monoisotopic (exact) mass is 284 g/mol. The van der Waals surface area contributed by atoms with E-state index in [2.05, 4.69) is 5.32 Å². The average molecular weight is 284 g/mol. The first-order chi connectivity index (χ1) is 9.68. The first-order valence-electron chi connectivity index (χ1n) is 7.92. The van der Waals surface area contributed by atoms with Crippen LogP contribution < -0.4 is 11.1 Å². The Morgan fingerprint density at radius 1 is 1.30 bits per heavy atom. The standard InChI is InChI=1S/C15H28N2O3/c16-11-15(6-8-20-9-7-15)14(19)17-10-13(18)12-4-2-1-3-5-12/h12-13,18H,1-11,16H2,(H,17,19). The van der Waals surface area contributed by atoms with Crippen LogP contribution >= 0.6 is 0 Å². The summed E-state index contributed by atoms with van der Waals surface area (Å²) >= 11 is 0. The summed E-state index contributed by atoms with van der Waals surface area (Å²) in [4.78, 5) is 12.4. The van der Waals surface area contributed by atoms with Gasteiger partial charge in [-0.3, -0.25) is 4.79 Å². The van der Waals surface area contributed by atoms with Crippen molar-refractivity contribution in [3.63, 3.8) is 0 Å². The summed E-state index contributed by atoms with van der Waals surface area (Å²) in [6.07, 6.45) is 6.74. The van der Waals surface area contributed by atoms with E-state index in [9.17, 15) is 9.90 Å². The van der Waals surface area contributed by atoms with Crippen molar-refractivity contribution in [1.29, 1.82) is 0 Å². The third-order valence-electron chi connectivity index (χ3n) is 4.99. The molecule has 1 saturated carbocycles. The van der Waals surface area contributed by atoms with Gasteiger partial charge in [0.2, 0.25) is 5.91 Å². The molecule has 4 N–H and O–H groups in total. The van der Waals surface area contributed by atoms with Crippen molar-refractivity contribution >= 4 is 5.91 Å². The van der Waals surface area contributed by atoms with Gasteiger partial charge in [0.25, 0.3) is 0 Å². The zero-order chi connectivity index (χ0) is 14.4. The topological polar surface area (TPSA) is 84.6 Å². The molecule has 2 fully saturated rings. The van der Waals surface area contributed by atoms with Gasteiger partial charge in [-0.15, -0.1) is 0 Å². The second-order valence-corrected chi connectivity index (χ2v) is 6.27. The van der Waals surface area contributed by atoms with Gasteiger partial charge in [0.1, 0.15) is 0 Å². The molecule has 1 amide bonds. The number of rotatable bonds is 5. The van der Waals surface area contributed by atoms with Crippen LogP contribution in [-0.4, -0.2) is 43.4 Å². The summed E-state index contributed by atoms with van der Waals surface area (Å²) in [5.41, 5.74) is 5.31. The molecule has 1 unspecified atom stereocenters. The number of hydrogen-bond donors (Lipinski definition) is 3. The molecule has 1 aliphatic carbocycles. The lowest BCUT2D eigenvalue weighted by atomic mass is 9.79. The number of aliphatic hydroxyl groups excluding tert-OH is 1. The highest BCUT2D eigenvalue weighted by molar-refractivity contribution is 5.83. The lowest BCUT2D eigenvalue weighted by Crippen LogP contribution is -2.51. The maximum atomic E-state index is 12.4. The highest BCUT2D eigenvalue weighted by atomic mass is 16.5. The quantitative estimate of drug-likeness (QED) is 0.697. The van der Waals surface area contributed by atoms with E-state index >= 15 is 0 Å². The average Bonchev–Trinajstić information content (AvgIpc) is 2.53. The molecular formula is C15H28N2O3. The number of carbonyl (C=O) groups is 1. The van der Waals surface area contributed by atoms with Crippen molar-refractivity contribution < 1.29 is 14.6 Å². The fraction of sp³-hybridized carbons (Fsp3) is 0.933. The highest BCUT2D eigenvalue weighted by Crippen LogP contribution is 2.30. The molecule has 5 nitrogen and oxygen atoms in total. The molecule has 0 bridgehead atoms. The molecule has 116 valence electrons. The number of aliphatic hydroxyl groups is 1. The van der Waals surface area contributed by atoms with Crippen LogP contribution in [0.5, 0.6) is 0 Å². The van der Waals surface area contributed by atoms with Gasteiger partial charge in [-0.2, -0.15) is 0 Å². The molecule has 20 heavy (non-hydrogen) atoms. The van der Waals surface area contributed by atoms with E-state index in [1.807, 2.05) is 0 Å². The minimum Gasteiger partial charge on any atom is -0.391 e. The molecule has 1 aliphatic heterocycles. The SMILES string of the molecule is NCC1(C(=O)NCC(O)C2CCCCC2)CCOCC1. The summed E-state index contributed by atoms with van der Waals surface area (Å²) in [6, 6.07) is 0. The molecule has 0 aromatic carbocycles. The van der Waals surface area contributed by atoms with Crippen LogP contribution in [0.3, 0.4) is 0 Å². The lowest BCUT2D eigenvalue weighted by molar-refractivity contribution is -0.136. The molecule has 2 rings (SSSR count). The summed E-state index contributed by atoms with van der Waals surface area (Å²) < 4.78 is 5.31. The highest BCUT2D eigenvalue weighted by Gasteiger charge is 2.39. The first kappa shape index (κ1) is 15.7. The number of hydrogen-bond acceptors (Lipinski definition) is 4. The van der Waals surface area contributed by atoms with E-state index in [1.54, 1.807) is 0 Å². The van der Waals surface area contributed by atoms with Gasteiger partial charge in [-0.1, -0.05) is 19.3 Å². The van der Waals surface area contributed by atoms with E-state index in [1.165, 1.54) is 19.3 Å². The van der Waals surface area contributed by atoms with Crippen LogP contribution in [-0.2, 0) is 9.53 Å². The molecule has 0 aromatic heterocycles. The first-order valence-corrected chi connectivity index (χ1v) is 7.92. The Morgan fingerprint density at radius 3 is 2.55 bits per heavy atom. The zero-order valence-corrected chi connectivity index (χ0v) is 12.3. The number of carbonyl (C=O) groups excluding carboxylic acids is 1. The summed E-state index contributed by atoms with van der Waals surface area (Å²) in [7, 11) is 0. The van der Waals surface area contributed by atoms with Crippen molar-refractivity contribution in [3.05, 3.63) is 0 Å². The molecule has 5 heteroatoms. The third-order valence-corrected chi connectivity index (χ3v) is 4.99. The van der Waals surface area contributed by atoms with E-state index in [4.69, 9.17) is 10.5 Å². The Balaban J connectivity index is 1.80. The van der Waals surface area contributed by atoms with Crippen molar-refractivity contribution in [2.24, 2.45) is 17.1 Å². The smallest absolute Gasteiger partial charge is 0.227 e. The molecule has 1 saturated heterocycles. The van der Waals surface area contributed by atoms with Crippen LogP contribution in [0.25, 0.3) is 0 Å². The Morgan fingerprint density at radius 2 is 1.95 bits per heavy atom. The van der Waals surface area contributed by atoms with Gasteiger partial charge < -0.3 is 20.9 Å². The van der Waals surface area contributed by atoms with Crippen LogP contribution in [0.4, 0.5) is 0 Å². The van der Waals surface area contributed by atoms with Crippen molar-refractivity contribution in [2.75, 3.05) is 26.3 Å². The molecule has 1 atom stereocenters. The van der Waals surface area contributed by atoms with Crippen LogP contribution in [0.15, 0.2) is 0 Å². The number of nitrogens with two attached hydrogens (primary N) is 1. The Hall–Kier alpha value is -0.650. The van der Waals surface area contributed by atoms with E-state index in [0.717, 1.165) is 12.8 Å². The number of amides is 1. The molecule has 1 heterocycles. The predicted molar refractivity (Wildman–Crippen MR) is 77.1 cm³/mol. The van der Waals surface area contributed by atoms with E-state index in [0.29, 0.717) is 45.1 Å². The molecule has 0 aromatic rings. The number of nitrogens with one attached hydrogen (secondary N) is 1. The minimum absolute atomic E-state index is 0.0156. The predicted octanol–water partition coefficient (Wildman–Crippen LogP) is 0.799. The maximum absolute atomic E-state index is 12.4. The second kappa shape index (κ2) is 7.38. The zero-order valence-electron chi connectivity index (χ0n) is 12.3. The van der Waals surface area contributed by atoms with Gasteiger partial charge in [0.15, 0.2) is 0 Å². The Labute approximate surface area is 121 Å². The van der Waals surface area contributed by atoms with Gasteiger partial charge >= 0.3 is 0 Å². The lowest BCUT2D eigenvalue weighted by Gasteiger charge is -2.35. The summed E-state index contributed by atoms with van der Waals surface area (Å²) in [5, 5.41) is 13.1. The molecule has 2 aliphatic rings. The largest absolute Gasteiger partial charge is 0.391 e. The molecule has 0 spiro atoms. The van der Waals surface area contributed by atoms with Gasteiger partial charge in [0.05, 0.1) is 11.5 Å². The normalized spacial score (nSPS) is 25.1. The van der Waals surface area contributed by atoms with Crippen LogP contribution in [0.2, 0.25) is 0 Å². The molecular weight excluding hydrogens is 256 g/mol. The van der Waals surface area contributed by atoms with Crippen LogP contribution in [0, 0.1) is 11.3 Å². The van der Waals surface area contributed by atoms with Gasteiger partial charge in [0, 0.05) is 26.3 Å². The van der Waals surface area contributed by atoms with E-state index in [-0.39, 0.29) is 5.91 Å². The Kier molecular flexibility index (Phi) is 5.81. The van der Waals surface area contributed by atoms with Crippen molar-refractivity contribution in [3.8, 4) is 0 Å². The minimum atomic E-state index is -0.496. The second-order valence-electron chi connectivity index (χ2n) is 6.27. The third kappa shape index (κ3) is 3.71. The van der Waals surface area contributed by atoms with E-state index < -0.39 is 11.5 Å². The number of ether oxygens (including phenoxy) is 1.